The summed E-state index contributed by atoms with van der Waals surface area (Å²) in [7, 11) is 2.12. The lowest BCUT2D eigenvalue weighted by atomic mass is 9.90. The lowest BCUT2D eigenvalue weighted by Crippen LogP contribution is -2.28. The Kier molecular flexibility index (Phi) is 9.40. The van der Waals surface area contributed by atoms with Crippen molar-refractivity contribution in [2.24, 2.45) is 5.92 Å². The van der Waals surface area contributed by atoms with E-state index in [0.717, 1.165) is 5.92 Å². The lowest BCUT2D eigenvalue weighted by Gasteiger charge is -2.22. The summed E-state index contributed by atoms with van der Waals surface area (Å²) in [5.74, 6) is 0.907. The fraction of sp³-hybridized carbons (Fsp3) is 0.684. The number of nitrogens with one attached hydrogen (secondary N) is 1. The number of hydrogen-bond acceptors (Lipinski definition) is 1. The molecule has 0 amide bonds. The van der Waals surface area contributed by atoms with E-state index in [1.807, 2.05) is 0 Å². The molecule has 0 aromatic heterocycles. The van der Waals surface area contributed by atoms with Crippen molar-refractivity contribution in [1.29, 1.82) is 0 Å². The highest BCUT2D eigenvalue weighted by Crippen LogP contribution is 2.20. The molecule has 2 unspecified atom stereocenters. The van der Waals surface area contributed by atoms with Gasteiger partial charge in [-0.05, 0) is 44.2 Å². The van der Waals surface area contributed by atoms with Crippen LogP contribution in [-0.2, 0) is 6.42 Å². The highest BCUT2D eigenvalue weighted by Gasteiger charge is 2.13. The normalized spacial score (nSPS) is 14.2. The molecular formula is C19H33N. The van der Waals surface area contributed by atoms with Crippen molar-refractivity contribution in [3.8, 4) is 0 Å². The minimum absolute atomic E-state index is 0.695. The van der Waals surface area contributed by atoms with E-state index in [2.05, 4.69) is 56.5 Å². The van der Waals surface area contributed by atoms with Crippen LogP contribution in [0.4, 0.5) is 0 Å². The van der Waals surface area contributed by atoms with Gasteiger partial charge in [-0.3, -0.25) is 0 Å². The van der Waals surface area contributed by atoms with Crippen molar-refractivity contribution < 1.29 is 0 Å². The fourth-order valence-corrected chi connectivity index (χ4v) is 2.96. The van der Waals surface area contributed by atoms with E-state index in [4.69, 9.17) is 0 Å². The van der Waals surface area contributed by atoms with Crippen LogP contribution < -0.4 is 5.32 Å². The summed E-state index contributed by atoms with van der Waals surface area (Å²) in [5.41, 5.74) is 1.47. The smallest absolute Gasteiger partial charge is 0.00668 e. The largest absolute Gasteiger partial charge is 0.317 e. The average Bonchev–Trinajstić information content (AvgIpc) is 2.50. The summed E-state index contributed by atoms with van der Waals surface area (Å²) in [6.07, 6.45) is 10.6. The highest BCUT2D eigenvalue weighted by atomic mass is 14.9. The first-order valence-electron chi connectivity index (χ1n) is 8.51. The number of benzene rings is 1. The Morgan fingerprint density at radius 2 is 1.75 bits per heavy atom. The van der Waals surface area contributed by atoms with Gasteiger partial charge in [0.05, 0.1) is 0 Å². The van der Waals surface area contributed by atoms with Crippen LogP contribution in [0.15, 0.2) is 30.3 Å². The highest BCUT2D eigenvalue weighted by molar-refractivity contribution is 5.14. The van der Waals surface area contributed by atoms with Crippen molar-refractivity contribution in [2.45, 2.75) is 71.3 Å². The zero-order valence-corrected chi connectivity index (χ0v) is 13.7. The quantitative estimate of drug-likeness (QED) is 0.585. The van der Waals surface area contributed by atoms with Gasteiger partial charge in [0.15, 0.2) is 0 Å². The van der Waals surface area contributed by atoms with Gasteiger partial charge in [-0.1, -0.05) is 69.9 Å². The topological polar surface area (TPSA) is 12.0 Å². The van der Waals surface area contributed by atoms with Gasteiger partial charge in [-0.2, -0.15) is 0 Å². The van der Waals surface area contributed by atoms with Gasteiger partial charge in [0.1, 0.15) is 0 Å². The summed E-state index contributed by atoms with van der Waals surface area (Å²) in [6, 6.07) is 11.6. The molecule has 114 valence electrons. The van der Waals surface area contributed by atoms with Gasteiger partial charge in [0.25, 0.3) is 0 Å². The fourth-order valence-electron chi connectivity index (χ4n) is 2.96. The Morgan fingerprint density at radius 1 is 1.00 bits per heavy atom. The third kappa shape index (κ3) is 7.09. The van der Waals surface area contributed by atoms with Crippen molar-refractivity contribution in [2.75, 3.05) is 7.05 Å². The molecule has 1 heteroatoms. The maximum atomic E-state index is 3.53. The summed E-state index contributed by atoms with van der Waals surface area (Å²) < 4.78 is 0. The van der Waals surface area contributed by atoms with E-state index >= 15 is 0 Å². The van der Waals surface area contributed by atoms with E-state index in [-0.39, 0.29) is 0 Å². The Hall–Kier alpha value is -0.820. The molecule has 0 bridgehead atoms. The number of aryl methyl sites for hydroxylation is 1. The predicted molar refractivity (Wildman–Crippen MR) is 90.2 cm³/mol. The van der Waals surface area contributed by atoms with E-state index in [1.54, 1.807) is 0 Å². The molecule has 0 radical (unpaired) electrons. The lowest BCUT2D eigenvalue weighted by molar-refractivity contribution is 0.345. The maximum absolute atomic E-state index is 3.53. The summed E-state index contributed by atoms with van der Waals surface area (Å²) >= 11 is 0. The van der Waals surface area contributed by atoms with Gasteiger partial charge in [-0.15, -0.1) is 0 Å². The Labute approximate surface area is 126 Å². The van der Waals surface area contributed by atoms with Crippen LogP contribution >= 0.6 is 0 Å². The van der Waals surface area contributed by atoms with Crippen molar-refractivity contribution in [1.82, 2.24) is 5.32 Å². The Balaban J connectivity index is 2.27. The molecule has 0 aliphatic carbocycles. The molecule has 0 saturated carbocycles. The van der Waals surface area contributed by atoms with Crippen LogP contribution in [0.2, 0.25) is 0 Å². The minimum Gasteiger partial charge on any atom is -0.317 e. The standard InChI is InChI=1S/C19H33N/c1-4-6-11-17(5-2)16-19(20-3)15-10-14-18-12-8-7-9-13-18/h7-9,12-13,17,19-20H,4-6,10-11,14-16H2,1-3H3. The molecule has 0 saturated heterocycles. The van der Waals surface area contributed by atoms with E-state index in [0.29, 0.717) is 6.04 Å². The molecule has 0 fully saturated rings. The van der Waals surface area contributed by atoms with Gasteiger partial charge >= 0.3 is 0 Å². The number of hydrogen-bond donors (Lipinski definition) is 1. The van der Waals surface area contributed by atoms with Crippen molar-refractivity contribution in [3.05, 3.63) is 35.9 Å². The number of rotatable bonds is 11. The Morgan fingerprint density at radius 3 is 2.35 bits per heavy atom. The van der Waals surface area contributed by atoms with Crippen LogP contribution in [0, 0.1) is 5.92 Å². The van der Waals surface area contributed by atoms with E-state index < -0.39 is 0 Å². The SMILES string of the molecule is CCCCC(CC)CC(CCCc1ccccc1)NC. The zero-order chi connectivity index (χ0) is 14.6. The first-order valence-corrected chi connectivity index (χ1v) is 8.51. The van der Waals surface area contributed by atoms with Crippen molar-refractivity contribution in [3.63, 3.8) is 0 Å². The second kappa shape index (κ2) is 10.9. The predicted octanol–water partition coefficient (Wildman–Crippen LogP) is 5.20. The van der Waals surface area contributed by atoms with Crippen LogP contribution in [0.25, 0.3) is 0 Å². The molecule has 0 aliphatic heterocycles. The molecule has 1 aromatic rings. The van der Waals surface area contributed by atoms with E-state index in [9.17, 15) is 0 Å². The molecule has 0 heterocycles. The summed E-state index contributed by atoms with van der Waals surface area (Å²) in [4.78, 5) is 0. The summed E-state index contributed by atoms with van der Waals surface area (Å²) in [6.45, 7) is 4.64. The van der Waals surface area contributed by atoms with Crippen molar-refractivity contribution >= 4 is 0 Å². The average molecular weight is 275 g/mol. The van der Waals surface area contributed by atoms with Gasteiger partial charge in [0.2, 0.25) is 0 Å². The van der Waals surface area contributed by atoms with Gasteiger partial charge in [0, 0.05) is 6.04 Å². The molecule has 1 N–H and O–H groups in total. The monoisotopic (exact) mass is 275 g/mol. The third-order valence-electron chi connectivity index (χ3n) is 4.43. The summed E-state index contributed by atoms with van der Waals surface area (Å²) in [5, 5.41) is 3.53. The Bertz CT molecular complexity index is 320. The molecule has 20 heavy (non-hydrogen) atoms. The molecule has 2 atom stereocenters. The molecule has 0 spiro atoms. The van der Waals surface area contributed by atoms with Crippen LogP contribution in [0.1, 0.15) is 64.4 Å². The maximum Gasteiger partial charge on any atom is 0.00668 e. The minimum atomic E-state index is 0.695. The molecular weight excluding hydrogens is 242 g/mol. The van der Waals surface area contributed by atoms with Crippen LogP contribution in [-0.4, -0.2) is 13.1 Å². The van der Waals surface area contributed by atoms with Gasteiger partial charge < -0.3 is 5.32 Å². The first-order chi connectivity index (χ1) is 9.80. The molecule has 1 rings (SSSR count). The second-order valence-electron chi connectivity index (χ2n) is 6.02. The van der Waals surface area contributed by atoms with E-state index in [1.165, 1.54) is 56.9 Å². The zero-order valence-electron chi connectivity index (χ0n) is 13.7. The number of unbranched alkanes of at least 4 members (excludes halogenated alkanes) is 1. The van der Waals surface area contributed by atoms with Gasteiger partial charge in [-0.25, -0.2) is 0 Å². The van der Waals surface area contributed by atoms with Crippen LogP contribution in [0.3, 0.4) is 0 Å². The second-order valence-corrected chi connectivity index (χ2v) is 6.02. The first kappa shape index (κ1) is 17.2. The third-order valence-corrected chi connectivity index (χ3v) is 4.43. The van der Waals surface area contributed by atoms with Crippen LogP contribution in [0.5, 0.6) is 0 Å². The molecule has 1 aromatic carbocycles. The molecule has 0 aliphatic rings. The molecule has 1 nitrogen and oxygen atoms in total.